The minimum atomic E-state index is -1.08. The van der Waals surface area contributed by atoms with Gasteiger partial charge in [-0.05, 0) is 0 Å². The Morgan fingerprint density at radius 2 is 2.29 bits per heavy atom. The van der Waals surface area contributed by atoms with E-state index in [2.05, 4.69) is 10.5 Å². The van der Waals surface area contributed by atoms with Gasteiger partial charge in [-0.3, -0.25) is 4.79 Å². The molecule has 1 amide bonds. The predicted molar refractivity (Wildman–Crippen MR) is 17.8 cm³/mol. The van der Waals surface area contributed by atoms with E-state index in [9.17, 15) is 4.79 Å². The van der Waals surface area contributed by atoms with E-state index in [-0.39, 0.29) is 59.3 Å². The predicted octanol–water partition coefficient (Wildman–Crippen LogP) is -3.65. The van der Waals surface area contributed by atoms with Crippen molar-refractivity contribution < 1.29 is 67.1 Å². The minimum absolute atomic E-state index is 0. The van der Waals surface area contributed by atoms with Crippen LogP contribution in [0.5, 0.6) is 0 Å². The molecule has 36 valence electrons. The molecule has 7 heavy (non-hydrogen) atoms. The normalized spacial score (nSPS) is 5.71. The first-order valence-corrected chi connectivity index (χ1v) is 1.17. The van der Waals surface area contributed by atoms with Crippen LogP contribution >= 0.6 is 0 Å². The topological polar surface area (TPSA) is 69.4 Å². The minimum Gasteiger partial charge on any atom is -1.00 e. The molecule has 0 aliphatic rings. The maximum atomic E-state index is 9.37. The quantitative estimate of drug-likeness (QED) is 0.225. The van der Waals surface area contributed by atoms with Gasteiger partial charge in [0.1, 0.15) is 0 Å². The van der Waals surface area contributed by atoms with Crippen LogP contribution < -0.4 is 57.1 Å². The molecule has 0 aromatic heterocycles. The van der Waals surface area contributed by atoms with Gasteiger partial charge in [-0.15, -0.1) is 0 Å². The van der Waals surface area contributed by atoms with E-state index in [1.165, 1.54) is 0 Å². The van der Waals surface area contributed by atoms with Gasteiger partial charge in [-0.1, -0.05) is 0 Å². The largest absolute Gasteiger partial charge is 1.00 e. The molecule has 5 heteroatoms. The molecule has 0 rings (SSSR count). The number of nitrogens with two attached hydrogens (primary N) is 1. The molecular weight excluding hydrogens is 125 g/mol. The molecule has 0 spiro atoms. The van der Waals surface area contributed by atoms with Crippen molar-refractivity contribution >= 4 is 12.6 Å². The zero-order valence-electron chi connectivity index (χ0n) is 4.88. The molecule has 0 atom stereocenters. The summed E-state index contributed by atoms with van der Waals surface area (Å²) < 4.78 is 3.50. The van der Waals surface area contributed by atoms with Gasteiger partial charge in [-0.25, -0.2) is 4.79 Å². The van der Waals surface area contributed by atoms with Crippen LogP contribution in [0, 0.1) is 0 Å². The summed E-state index contributed by atoms with van der Waals surface area (Å²) in [6.45, 7) is -0.0255. The van der Waals surface area contributed by atoms with Crippen LogP contribution in [-0.4, -0.2) is 12.6 Å². The van der Waals surface area contributed by atoms with E-state index in [0.717, 1.165) is 0 Å². The van der Waals surface area contributed by atoms with Crippen molar-refractivity contribution in [1.29, 1.82) is 0 Å². The second-order valence-electron chi connectivity index (χ2n) is 0.533. The Bertz CT molecular complexity index is 77.7. The van der Waals surface area contributed by atoms with Gasteiger partial charge < -0.3 is 11.9 Å². The van der Waals surface area contributed by atoms with Crippen molar-refractivity contribution in [2.75, 3.05) is 0 Å². The molecule has 0 aromatic rings. The molecule has 4 nitrogen and oxygen atoms in total. The first kappa shape index (κ1) is 10.5. The molecular formula is C2H4KNO3. The van der Waals surface area contributed by atoms with E-state index >= 15 is 0 Å². The molecule has 0 unspecified atom stereocenters. The Morgan fingerprint density at radius 3 is 2.29 bits per heavy atom. The fourth-order valence-corrected chi connectivity index (χ4v) is 0.0474. The van der Waals surface area contributed by atoms with E-state index in [1.54, 1.807) is 0 Å². The second-order valence-corrected chi connectivity index (χ2v) is 0.533. The molecule has 0 aromatic carbocycles. The van der Waals surface area contributed by atoms with Crippen molar-refractivity contribution in [3.8, 4) is 0 Å². The summed E-state index contributed by atoms with van der Waals surface area (Å²) in [5, 5.41) is 0. The zero-order chi connectivity index (χ0) is 4.99. The summed E-state index contributed by atoms with van der Waals surface area (Å²) in [5.74, 6) is 0. The summed E-state index contributed by atoms with van der Waals surface area (Å²) in [7, 11) is 0. The van der Waals surface area contributed by atoms with Gasteiger partial charge in [-0.2, -0.15) is 0 Å². The average Bonchev–Trinajstić information content (AvgIpc) is 1.35. The molecule has 0 heterocycles. The smallest absolute Gasteiger partial charge is 1.00 e. The Morgan fingerprint density at radius 1 is 1.86 bits per heavy atom. The summed E-state index contributed by atoms with van der Waals surface area (Å²) in [6, 6.07) is 0. The third kappa shape index (κ3) is 10.8. The summed E-state index contributed by atoms with van der Waals surface area (Å²) >= 11 is 0. The average molecular weight is 129 g/mol. The first-order chi connectivity index (χ1) is 2.77. The van der Waals surface area contributed by atoms with Crippen LogP contribution in [0.25, 0.3) is 0 Å². The van der Waals surface area contributed by atoms with Gasteiger partial charge in [0.15, 0.2) is 0 Å². The van der Waals surface area contributed by atoms with Crippen LogP contribution in [0.15, 0.2) is 0 Å². The van der Waals surface area contributed by atoms with E-state index in [4.69, 9.17) is 4.79 Å². The fraction of sp³-hybridized carbons (Fsp3) is 0. The summed E-state index contributed by atoms with van der Waals surface area (Å²) in [4.78, 5) is 18.5. The molecule has 0 saturated heterocycles. The number of rotatable bonds is 1. The second kappa shape index (κ2) is 6.58. The maximum Gasteiger partial charge on any atom is 1.00 e. The van der Waals surface area contributed by atoms with Crippen LogP contribution in [0.1, 0.15) is 1.43 Å². The van der Waals surface area contributed by atoms with Crippen molar-refractivity contribution in [1.82, 2.24) is 0 Å². The Labute approximate surface area is 84.3 Å². The fourth-order valence-electron chi connectivity index (χ4n) is 0.0474. The number of carbonyl (C=O) groups excluding carboxylic acids is 2. The molecule has 2 N–H and O–H groups in total. The third-order valence-corrected chi connectivity index (χ3v) is 0.164. The Kier molecular flexibility index (Phi) is 9.90. The monoisotopic (exact) mass is 129 g/mol. The van der Waals surface area contributed by atoms with Gasteiger partial charge in [0.05, 0.1) is 0 Å². The van der Waals surface area contributed by atoms with Crippen molar-refractivity contribution in [2.45, 2.75) is 0 Å². The molecule has 0 bridgehead atoms. The third-order valence-electron chi connectivity index (χ3n) is 0.164. The number of hydrogen-bond acceptors (Lipinski definition) is 3. The molecule has 0 radical (unpaired) electrons. The Hall–Kier alpha value is 0.576. The van der Waals surface area contributed by atoms with Gasteiger partial charge >= 0.3 is 63.9 Å². The number of ether oxygens (including phenoxy) is 1. The van der Waals surface area contributed by atoms with Crippen molar-refractivity contribution in [2.24, 2.45) is 5.73 Å². The van der Waals surface area contributed by atoms with Crippen LogP contribution in [0.2, 0.25) is 0 Å². The summed E-state index contributed by atoms with van der Waals surface area (Å²) in [6.07, 6.45) is -1.08. The Balaban J connectivity index is -0.000000125. The van der Waals surface area contributed by atoms with Gasteiger partial charge in [0.2, 0.25) is 0 Å². The van der Waals surface area contributed by atoms with Crippen molar-refractivity contribution in [3.63, 3.8) is 0 Å². The van der Waals surface area contributed by atoms with Gasteiger partial charge in [0, 0.05) is 0 Å². The van der Waals surface area contributed by atoms with E-state index < -0.39 is 6.09 Å². The number of hydrogen-bond donors (Lipinski definition) is 1. The molecule has 0 saturated carbocycles. The number of primary amides is 1. The first-order valence-electron chi connectivity index (χ1n) is 1.17. The number of amides is 1. The summed E-state index contributed by atoms with van der Waals surface area (Å²) in [5.41, 5.74) is 4.31. The SMILES string of the molecule is NC(=O)OC=O.[H-].[K+]. The zero-order valence-corrected chi connectivity index (χ0v) is 7.00. The van der Waals surface area contributed by atoms with Crippen LogP contribution in [0.4, 0.5) is 4.79 Å². The van der Waals surface area contributed by atoms with E-state index in [1.807, 2.05) is 0 Å². The standard InChI is InChI=1S/C2H3NO3.K.H/c3-2(5)6-1-4;;/h1H,(H2,3,5);;/q;+1;-1. The van der Waals surface area contributed by atoms with Crippen molar-refractivity contribution in [3.05, 3.63) is 0 Å². The number of carbonyl (C=O) groups is 2. The van der Waals surface area contributed by atoms with Crippen LogP contribution in [0.3, 0.4) is 0 Å². The molecule has 0 aliphatic heterocycles. The maximum absolute atomic E-state index is 9.37. The van der Waals surface area contributed by atoms with E-state index in [0.29, 0.717) is 0 Å². The molecule has 0 aliphatic carbocycles. The van der Waals surface area contributed by atoms with Gasteiger partial charge in [0.25, 0.3) is 0 Å². The molecule has 0 fully saturated rings. The van der Waals surface area contributed by atoms with Crippen LogP contribution in [-0.2, 0) is 9.53 Å².